The zero-order chi connectivity index (χ0) is 7.40. The highest BCUT2D eigenvalue weighted by molar-refractivity contribution is 7.99. The van der Waals surface area contributed by atoms with Crippen molar-refractivity contribution in [2.24, 2.45) is 0 Å². The van der Waals surface area contributed by atoms with Crippen molar-refractivity contribution in [3.05, 3.63) is 18.4 Å². The second kappa shape index (κ2) is 3.46. The second-order valence-electron chi connectivity index (χ2n) is 1.92. The Balaban J connectivity index is 2.35. The van der Waals surface area contributed by atoms with Gasteiger partial charge >= 0.3 is 0 Å². The van der Waals surface area contributed by atoms with Gasteiger partial charge in [-0.05, 0) is 19.1 Å². The van der Waals surface area contributed by atoms with Crippen LogP contribution in [-0.2, 0) is 4.79 Å². The van der Waals surface area contributed by atoms with E-state index in [-0.39, 0.29) is 5.78 Å². The summed E-state index contributed by atoms with van der Waals surface area (Å²) in [5.74, 6) is 0.662. The van der Waals surface area contributed by atoms with Crippen LogP contribution in [0.1, 0.15) is 6.92 Å². The molecular weight excluding hydrogens is 148 g/mol. The Kier molecular flexibility index (Phi) is 2.57. The van der Waals surface area contributed by atoms with Gasteiger partial charge in [0.05, 0.1) is 12.0 Å². The second-order valence-corrected chi connectivity index (χ2v) is 2.90. The molecule has 0 aliphatic rings. The highest BCUT2D eigenvalue weighted by Crippen LogP contribution is 2.17. The summed E-state index contributed by atoms with van der Waals surface area (Å²) in [4.78, 5) is 10.5. The summed E-state index contributed by atoms with van der Waals surface area (Å²) in [6, 6.07) is 3.65. The molecule has 0 atom stereocenters. The van der Waals surface area contributed by atoms with Gasteiger partial charge in [0.25, 0.3) is 0 Å². The first-order valence-corrected chi connectivity index (χ1v) is 3.93. The minimum absolute atomic E-state index is 0.168. The molecule has 0 aliphatic heterocycles. The van der Waals surface area contributed by atoms with E-state index in [1.54, 1.807) is 13.2 Å². The smallest absolute Gasteiger partial charge is 0.160 e. The van der Waals surface area contributed by atoms with Gasteiger partial charge in [-0.1, -0.05) is 11.8 Å². The maximum absolute atomic E-state index is 10.5. The van der Waals surface area contributed by atoms with Crippen LogP contribution in [0.15, 0.2) is 27.9 Å². The van der Waals surface area contributed by atoms with Crippen LogP contribution < -0.4 is 0 Å². The lowest BCUT2D eigenvalue weighted by Crippen LogP contribution is -1.91. The molecule has 0 saturated carbocycles. The number of hydrogen-bond acceptors (Lipinski definition) is 3. The highest BCUT2D eigenvalue weighted by Gasteiger charge is 1.97. The van der Waals surface area contributed by atoms with Crippen molar-refractivity contribution in [2.45, 2.75) is 12.0 Å². The van der Waals surface area contributed by atoms with Crippen molar-refractivity contribution < 1.29 is 9.21 Å². The molecule has 0 fully saturated rings. The summed E-state index contributed by atoms with van der Waals surface area (Å²) in [6.07, 6.45) is 1.60. The number of thioether (sulfide) groups is 1. The fourth-order valence-corrected chi connectivity index (χ4v) is 1.16. The number of carbonyl (C=O) groups excluding carboxylic acids is 1. The quantitative estimate of drug-likeness (QED) is 0.627. The fourth-order valence-electron chi connectivity index (χ4n) is 0.518. The predicted octanol–water partition coefficient (Wildman–Crippen LogP) is 1.96. The molecule has 54 valence electrons. The molecule has 1 rings (SSSR count). The van der Waals surface area contributed by atoms with Gasteiger partial charge in [-0.3, -0.25) is 4.79 Å². The third-order valence-electron chi connectivity index (χ3n) is 0.913. The van der Waals surface area contributed by atoms with E-state index in [1.807, 2.05) is 12.1 Å². The van der Waals surface area contributed by atoms with Crippen molar-refractivity contribution in [3.63, 3.8) is 0 Å². The standard InChI is InChI=1S/C7H8O2S/c1-6(8)5-10-7-3-2-4-9-7/h2-4H,5H2,1H3. The molecule has 0 aliphatic carbocycles. The Morgan fingerprint density at radius 2 is 2.60 bits per heavy atom. The van der Waals surface area contributed by atoms with E-state index in [9.17, 15) is 4.79 Å². The first-order valence-electron chi connectivity index (χ1n) is 2.95. The minimum atomic E-state index is 0.168. The molecule has 1 aromatic rings. The van der Waals surface area contributed by atoms with Gasteiger partial charge in [-0.25, -0.2) is 0 Å². The monoisotopic (exact) mass is 156 g/mol. The van der Waals surface area contributed by atoms with Crippen LogP contribution in [0.4, 0.5) is 0 Å². The van der Waals surface area contributed by atoms with Gasteiger partial charge in [0.15, 0.2) is 5.09 Å². The maximum Gasteiger partial charge on any atom is 0.160 e. The number of Topliss-reactive ketones (excluding diaryl/α,β-unsaturated/α-hetero) is 1. The highest BCUT2D eigenvalue weighted by atomic mass is 32.2. The Morgan fingerprint density at radius 3 is 3.10 bits per heavy atom. The van der Waals surface area contributed by atoms with Gasteiger partial charge in [0.1, 0.15) is 5.78 Å². The fraction of sp³-hybridized carbons (Fsp3) is 0.286. The maximum atomic E-state index is 10.5. The lowest BCUT2D eigenvalue weighted by molar-refractivity contribution is -0.114. The summed E-state index contributed by atoms with van der Waals surface area (Å²) >= 11 is 1.42. The first kappa shape index (κ1) is 7.41. The molecule has 0 radical (unpaired) electrons. The normalized spacial score (nSPS) is 9.70. The van der Waals surface area contributed by atoms with Crippen molar-refractivity contribution in [2.75, 3.05) is 5.75 Å². The largest absolute Gasteiger partial charge is 0.458 e. The van der Waals surface area contributed by atoms with Crippen LogP contribution >= 0.6 is 11.8 Å². The molecule has 0 amide bonds. The Labute approximate surface area is 63.6 Å². The van der Waals surface area contributed by atoms with Crippen molar-refractivity contribution in [3.8, 4) is 0 Å². The van der Waals surface area contributed by atoms with Crippen molar-refractivity contribution in [1.29, 1.82) is 0 Å². The molecular formula is C7H8O2S. The van der Waals surface area contributed by atoms with Gasteiger partial charge in [0.2, 0.25) is 0 Å². The Hall–Kier alpha value is -0.700. The Morgan fingerprint density at radius 1 is 1.80 bits per heavy atom. The van der Waals surface area contributed by atoms with E-state index in [0.29, 0.717) is 5.75 Å². The lowest BCUT2D eigenvalue weighted by atomic mass is 10.5. The third-order valence-corrected chi connectivity index (χ3v) is 1.98. The van der Waals surface area contributed by atoms with Gasteiger partial charge in [0, 0.05) is 0 Å². The first-order chi connectivity index (χ1) is 4.79. The third kappa shape index (κ3) is 2.27. The van der Waals surface area contributed by atoms with Gasteiger partial charge < -0.3 is 4.42 Å². The van der Waals surface area contributed by atoms with E-state index in [2.05, 4.69) is 0 Å². The molecule has 0 saturated heterocycles. The summed E-state index contributed by atoms with van der Waals surface area (Å²) in [5.41, 5.74) is 0. The molecule has 3 heteroatoms. The van der Waals surface area contributed by atoms with E-state index in [0.717, 1.165) is 5.09 Å². The number of ketones is 1. The number of rotatable bonds is 3. The van der Waals surface area contributed by atoms with Crippen LogP contribution in [0.25, 0.3) is 0 Å². The molecule has 0 aromatic carbocycles. The van der Waals surface area contributed by atoms with Crippen molar-refractivity contribution >= 4 is 17.5 Å². The van der Waals surface area contributed by atoms with Crippen LogP contribution in [0, 0.1) is 0 Å². The van der Waals surface area contributed by atoms with Crippen molar-refractivity contribution in [1.82, 2.24) is 0 Å². The summed E-state index contributed by atoms with van der Waals surface area (Å²) in [7, 11) is 0. The molecule has 0 bridgehead atoms. The number of furan rings is 1. The van der Waals surface area contributed by atoms with Gasteiger partial charge in [-0.15, -0.1) is 0 Å². The Bertz CT molecular complexity index is 203. The van der Waals surface area contributed by atoms with Crippen LogP contribution in [0.2, 0.25) is 0 Å². The lowest BCUT2D eigenvalue weighted by Gasteiger charge is -1.89. The van der Waals surface area contributed by atoms with Gasteiger partial charge in [-0.2, -0.15) is 0 Å². The topological polar surface area (TPSA) is 30.2 Å². The zero-order valence-electron chi connectivity index (χ0n) is 5.66. The van der Waals surface area contributed by atoms with Crippen LogP contribution in [-0.4, -0.2) is 11.5 Å². The molecule has 2 nitrogen and oxygen atoms in total. The SMILES string of the molecule is CC(=O)CSc1ccco1. The number of hydrogen-bond donors (Lipinski definition) is 0. The molecule has 1 heterocycles. The van der Waals surface area contributed by atoms with E-state index in [1.165, 1.54) is 11.8 Å². The molecule has 1 aromatic heterocycles. The summed E-state index contributed by atoms with van der Waals surface area (Å²) in [6.45, 7) is 1.57. The molecule has 10 heavy (non-hydrogen) atoms. The van der Waals surface area contributed by atoms with Crippen LogP contribution in [0.3, 0.4) is 0 Å². The average molecular weight is 156 g/mol. The molecule has 0 N–H and O–H groups in total. The average Bonchev–Trinajstić information content (AvgIpc) is 2.34. The van der Waals surface area contributed by atoms with Crippen LogP contribution in [0.5, 0.6) is 0 Å². The number of carbonyl (C=O) groups is 1. The zero-order valence-corrected chi connectivity index (χ0v) is 6.48. The van der Waals surface area contributed by atoms with E-state index < -0.39 is 0 Å². The minimum Gasteiger partial charge on any atom is -0.458 e. The predicted molar refractivity (Wildman–Crippen MR) is 40.1 cm³/mol. The molecule has 0 unspecified atom stereocenters. The van der Waals surface area contributed by atoms with E-state index >= 15 is 0 Å². The summed E-state index contributed by atoms with van der Waals surface area (Å²) in [5, 5.41) is 0.801. The molecule has 0 spiro atoms. The summed E-state index contributed by atoms with van der Waals surface area (Å²) < 4.78 is 4.99. The van der Waals surface area contributed by atoms with E-state index in [4.69, 9.17) is 4.42 Å².